The van der Waals surface area contributed by atoms with Crippen molar-refractivity contribution in [3.8, 4) is 0 Å². The van der Waals surface area contributed by atoms with E-state index in [9.17, 15) is 4.79 Å². The monoisotopic (exact) mass is 216 g/mol. The third-order valence-corrected chi connectivity index (χ3v) is 3.11. The van der Waals surface area contributed by atoms with Gasteiger partial charge in [0.15, 0.2) is 0 Å². The van der Waals surface area contributed by atoms with E-state index in [1.54, 1.807) is 0 Å². The molecule has 0 saturated carbocycles. The van der Waals surface area contributed by atoms with E-state index in [4.69, 9.17) is 10.8 Å². The lowest BCUT2D eigenvalue weighted by atomic mass is 9.95. The van der Waals surface area contributed by atoms with Gasteiger partial charge in [0.05, 0.1) is 18.2 Å². The number of amides is 1. The molecule has 3 unspecified atom stereocenters. The van der Waals surface area contributed by atoms with Gasteiger partial charge in [0.1, 0.15) is 0 Å². The van der Waals surface area contributed by atoms with Crippen molar-refractivity contribution in [2.24, 2.45) is 11.7 Å². The summed E-state index contributed by atoms with van der Waals surface area (Å²) in [4.78, 5) is 11.7. The van der Waals surface area contributed by atoms with Crippen LogP contribution < -0.4 is 11.1 Å². The van der Waals surface area contributed by atoms with Crippen LogP contribution in [0, 0.1) is 5.92 Å². The average Bonchev–Trinajstić information content (AvgIpc) is 2.26. The van der Waals surface area contributed by atoms with Crippen molar-refractivity contribution in [3.05, 3.63) is 0 Å². The molecule has 0 aromatic rings. The summed E-state index contributed by atoms with van der Waals surface area (Å²) in [6.07, 6.45) is 1.55. The molecule has 0 aromatic carbocycles. The minimum absolute atomic E-state index is 0.0670. The second kappa shape index (κ2) is 6.08. The van der Waals surface area contributed by atoms with Gasteiger partial charge in [-0.3, -0.25) is 4.79 Å². The molecule has 4 heteroatoms. The number of carbonyl (C=O) groups is 1. The summed E-state index contributed by atoms with van der Waals surface area (Å²) in [6.45, 7) is 7.62. The molecule has 4 nitrogen and oxygen atoms in total. The van der Waals surface area contributed by atoms with Gasteiger partial charge in [-0.25, -0.2) is 0 Å². The van der Waals surface area contributed by atoms with Crippen molar-refractivity contribution >= 4 is 5.91 Å². The van der Waals surface area contributed by atoms with Crippen molar-refractivity contribution in [3.63, 3.8) is 0 Å². The van der Waals surface area contributed by atoms with Crippen LogP contribution in [0.4, 0.5) is 0 Å². The maximum atomic E-state index is 11.7. The summed E-state index contributed by atoms with van der Waals surface area (Å²) in [5.41, 5.74) is 5.24. The first-order valence-electron chi connectivity index (χ1n) is 5.58. The van der Waals surface area contributed by atoms with Crippen LogP contribution in [-0.4, -0.2) is 29.2 Å². The normalized spacial score (nSPS) is 19.1. The highest BCUT2D eigenvalue weighted by molar-refractivity contribution is 5.82. The van der Waals surface area contributed by atoms with E-state index in [1.165, 1.54) is 0 Å². The van der Waals surface area contributed by atoms with E-state index in [0.717, 1.165) is 6.42 Å². The van der Waals surface area contributed by atoms with Gasteiger partial charge in [0.2, 0.25) is 5.91 Å². The van der Waals surface area contributed by atoms with Gasteiger partial charge in [-0.2, -0.15) is 0 Å². The van der Waals surface area contributed by atoms with E-state index in [-0.39, 0.29) is 18.4 Å². The highest BCUT2D eigenvalue weighted by Gasteiger charge is 2.27. The molecular weight excluding hydrogens is 192 g/mol. The fourth-order valence-electron chi connectivity index (χ4n) is 1.13. The Labute approximate surface area is 92.2 Å². The van der Waals surface area contributed by atoms with Gasteiger partial charge in [0, 0.05) is 0 Å². The average molecular weight is 216 g/mol. The van der Waals surface area contributed by atoms with Crippen molar-refractivity contribution < 1.29 is 9.90 Å². The number of carbonyl (C=O) groups excluding carboxylic acids is 1. The molecule has 3 atom stereocenters. The van der Waals surface area contributed by atoms with E-state index >= 15 is 0 Å². The molecule has 0 radical (unpaired) electrons. The molecule has 1 amide bonds. The van der Waals surface area contributed by atoms with E-state index < -0.39 is 11.6 Å². The van der Waals surface area contributed by atoms with Gasteiger partial charge < -0.3 is 16.2 Å². The number of nitrogens with one attached hydrogen (secondary N) is 1. The maximum absolute atomic E-state index is 11.7. The fourth-order valence-corrected chi connectivity index (χ4v) is 1.13. The molecule has 15 heavy (non-hydrogen) atoms. The lowest BCUT2D eigenvalue weighted by molar-refractivity contribution is -0.125. The number of rotatable bonds is 6. The Balaban J connectivity index is 4.35. The van der Waals surface area contributed by atoms with Crippen LogP contribution in [0.3, 0.4) is 0 Å². The Morgan fingerprint density at radius 1 is 1.53 bits per heavy atom. The highest BCUT2D eigenvalue weighted by Crippen LogP contribution is 2.10. The molecule has 0 saturated heterocycles. The van der Waals surface area contributed by atoms with Crippen LogP contribution in [0.5, 0.6) is 0 Å². The van der Waals surface area contributed by atoms with Crippen LogP contribution in [0.2, 0.25) is 0 Å². The summed E-state index contributed by atoms with van der Waals surface area (Å²) < 4.78 is 0. The molecule has 0 aromatic heterocycles. The zero-order chi connectivity index (χ0) is 12.1. The zero-order valence-electron chi connectivity index (χ0n) is 10.2. The summed E-state index contributed by atoms with van der Waals surface area (Å²) in [7, 11) is 0. The Bertz CT molecular complexity index is 203. The van der Waals surface area contributed by atoms with Crippen molar-refractivity contribution in [1.82, 2.24) is 5.32 Å². The number of nitrogens with two attached hydrogens (primary N) is 1. The first-order valence-corrected chi connectivity index (χ1v) is 5.58. The zero-order valence-corrected chi connectivity index (χ0v) is 10.2. The van der Waals surface area contributed by atoms with Crippen molar-refractivity contribution in [2.75, 3.05) is 6.61 Å². The largest absolute Gasteiger partial charge is 0.394 e. The Morgan fingerprint density at radius 3 is 2.40 bits per heavy atom. The number of aliphatic hydroxyl groups is 1. The molecule has 0 heterocycles. The van der Waals surface area contributed by atoms with Crippen molar-refractivity contribution in [1.29, 1.82) is 0 Å². The predicted octanol–water partition coefficient (Wildman–Crippen LogP) is 0.637. The standard InChI is InChI=1S/C11H24N2O2/c1-5-8(3)9(12)10(15)13-11(4,6-2)7-14/h8-9,14H,5-7,12H2,1-4H3,(H,13,15). The molecule has 0 fully saturated rings. The minimum atomic E-state index is -0.553. The Kier molecular flexibility index (Phi) is 5.83. The second-order valence-corrected chi connectivity index (χ2v) is 4.47. The fraction of sp³-hybridized carbons (Fsp3) is 0.909. The topological polar surface area (TPSA) is 75.4 Å². The first kappa shape index (κ1) is 14.4. The van der Waals surface area contributed by atoms with Gasteiger partial charge in [0.25, 0.3) is 0 Å². The minimum Gasteiger partial charge on any atom is -0.394 e. The lowest BCUT2D eigenvalue weighted by Crippen LogP contribution is -2.55. The van der Waals surface area contributed by atoms with Crippen LogP contribution in [0.15, 0.2) is 0 Å². The molecule has 0 aliphatic rings. The van der Waals surface area contributed by atoms with Gasteiger partial charge in [-0.1, -0.05) is 27.2 Å². The summed E-state index contributed by atoms with van der Waals surface area (Å²) >= 11 is 0. The summed E-state index contributed by atoms with van der Waals surface area (Å²) in [5.74, 6) is -0.0208. The number of aliphatic hydroxyl groups excluding tert-OH is 1. The third-order valence-electron chi connectivity index (χ3n) is 3.11. The SMILES string of the molecule is CCC(C)C(N)C(=O)NC(C)(CC)CO. The summed E-state index contributed by atoms with van der Waals surface area (Å²) in [6, 6.07) is -0.493. The smallest absolute Gasteiger partial charge is 0.237 e. The number of hydrogen-bond acceptors (Lipinski definition) is 3. The first-order chi connectivity index (χ1) is 6.90. The lowest BCUT2D eigenvalue weighted by Gasteiger charge is -2.30. The van der Waals surface area contributed by atoms with Crippen molar-refractivity contribution in [2.45, 2.75) is 52.1 Å². The molecule has 4 N–H and O–H groups in total. The van der Waals surface area contributed by atoms with Gasteiger partial charge >= 0.3 is 0 Å². The molecule has 0 bridgehead atoms. The number of hydrogen-bond donors (Lipinski definition) is 3. The van der Waals surface area contributed by atoms with Gasteiger partial charge in [-0.05, 0) is 19.3 Å². The second-order valence-electron chi connectivity index (χ2n) is 4.47. The van der Waals surface area contributed by atoms with Crippen LogP contribution in [0.25, 0.3) is 0 Å². The summed E-state index contributed by atoms with van der Waals surface area (Å²) in [5, 5.41) is 12.0. The Morgan fingerprint density at radius 2 is 2.07 bits per heavy atom. The van der Waals surface area contributed by atoms with Crippen LogP contribution >= 0.6 is 0 Å². The highest BCUT2D eigenvalue weighted by atomic mass is 16.3. The van der Waals surface area contributed by atoms with Crippen LogP contribution in [-0.2, 0) is 4.79 Å². The molecule has 0 aliphatic carbocycles. The molecule has 90 valence electrons. The Hall–Kier alpha value is -0.610. The van der Waals surface area contributed by atoms with E-state index in [1.807, 2.05) is 27.7 Å². The maximum Gasteiger partial charge on any atom is 0.237 e. The molecule has 0 aliphatic heterocycles. The molecule has 0 rings (SSSR count). The quantitative estimate of drug-likeness (QED) is 0.610. The third kappa shape index (κ3) is 4.18. The van der Waals surface area contributed by atoms with E-state index in [2.05, 4.69) is 5.32 Å². The van der Waals surface area contributed by atoms with Crippen LogP contribution in [0.1, 0.15) is 40.5 Å². The molecule has 0 spiro atoms. The predicted molar refractivity (Wildman–Crippen MR) is 61.4 cm³/mol. The van der Waals surface area contributed by atoms with E-state index in [0.29, 0.717) is 6.42 Å². The molecular formula is C11H24N2O2. The van der Waals surface area contributed by atoms with Gasteiger partial charge in [-0.15, -0.1) is 0 Å².